The van der Waals surface area contributed by atoms with Crippen LogP contribution in [0.25, 0.3) is 16.3 Å². The normalized spacial score (nSPS) is 15.2. The molecule has 1 amide bonds. The Morgan fingerprint density at radius 1 is 1.17 bits per heavy atom. The molecule has 2 aromatic carbocycles. The zero-order chi connectivity index (χ0) is 20.1. The van der Waals surface area contributed by atoms with Gasteiger partial charge in [-0.3, -0.25) is 14.6 Å². The summed E-state index contributed by atoms with van der Waals surface area (Å²) in [5, 5.41) is 0.755. The van der Waals surface area contributed by atoms with Crippen molar-refractivity contribution in [3.05, 3.63) is 65.7 Å². The maximum absolute atomic E-state index is 13.1. The predicted octanol–water partition coefficient (Wildman–Crippen LogP) is 3.98. The largest absolute Gasteiger partial charge is 0.379 e. The van der Waals surface area contributed by atoms with Crippen molar-refractivity contribution >= 4 is 38.7 Å². The molecule has 5 nitrogen and oxygen atoms in total. The summed E-state index contributed by atoms with van der Waals surface area (Å²) in [5.41, 5.74) is 3.11. The maximum atomic E-state index is 13.1. The van der Waals surface area contributed by atoms with Crippen molar-refractivity contribution in [2.24, 2.45) is 0 Å². The Balaban J connectivity index is 1.57. The number of carbonyl (C=O) groups is 1. The highest BCUT2D eigenvalue weighted by Gasteiger charge is 2.20. The molecule has 0 aliphatic carbocycles. The lowest BCUT2D eigenvalue weighted by molar-refractivity contribution is -0.114. The van der Waals surface area contributed by atoms with E-state index in [4.69, 9.17) is 9.72 Å². The monoisotopic (exact) mass is 407 g/mol. The zero-order valence-corrected chi connectivity index (χ0v) is 17.4. The third kappa shape index (κ3) is 4.90. The molecule has 4 rings (SSSR count). The minimum atomic E-state index is -0.0428. The predicted molar refractivity (Wildman–Crippen MR) is 119 cm³/mol. The minimum Gasteiger partial charge on any atom is -0.379 e. The van der Waals surface area contributed by atoms with Crippen LogP contribution < -0.4 is 4.90 Å². The van der Waals surface area contributed by atoms with Crippen LogP contribution in [0.1, 0.15) is 11.1 Å². The smallest absolute Gasteiger partial charge is 0.252 e. The van der Waals surface area contributed by atoms with E-state index in [1.165, 1.54) is 0 Å². The van der Waals surface area contributed by atoms with Gasteiger partial charge in [0.25, 0.3) is 5.91 Å². The Kier molecular flexibility index (Phi) is 6.34. The number of aromatic nitrogens is 1. The van der Waals surface area contributed by atoms with Gasteiger partial charge in [0.05, 0.1) is 23.4 Å². The first-order chi connectivity index (χ1) is 14.2. The topological polar surface area (TPSA) is 45.7 Å². The van der Waals surface area contributed by atoms with Gasteiger partial charge < -0.3 is 4.74 Å². The van der Waals surface area contributed by atoms with Gasteiger partial charge in [-0.15, -0.1) is 0 Å². The molecule has 150 valence electrons. The molecule has 1 aromatic heterocycles. The fraction of sp³-hybridized carbons (Fsp3) is 0.304. The van der Waals surface area contributed by atoms with E-state index in [-0.39, 0.29) is 5.91 Å². The Morgan fingerprint density at radius 3 is 2.72 bits per heavy atom. The molecule has 3 aromatic rings. The van der Waals surface area contributed by atoms with Crippen LogP contribution >= 0.6 is 11.3 Å². The number of para-hydroxylation sites is 1. The Morgan fingerprint density at radius 2 is 1.97 bits per heavy atom. The molecule has 0 atom stereocenters. The molecule has 29 heavy (non-hydrogen) atoms. The second kappa shape index (κ2) is 9.31. The number of hydrogen-bond acceptors (Lipinski definition) is 5. The molecule has 1 aliphatic rings. The highest BCUT2D eigenvalue weighted by atomic mass is 32.1. The fourth-order valence-electron chi connectivity index (χ4n) is 3.38. The zero-order valence-electron chi connectivity index (χ0n) is 16.6. The van der Waals surface area contributed by atoms with Crippen LogP contribution in [0.3, 0.4) is 0 Å². The van der Waals surface area contributed by atoms with Gasteiger partial charge in [-0.25, -0.2) is 4.98 Å². The van der Waals surface area contributed by atoms with Crippen molar-refractivity contribution in [3.8, 4) is 0 Å². The molecule has 0 radical (unpaired) electrons. The van der Waals surface area contributed by atoms with Crippen LogP contribution in [0.4, 0.5) is 5.13 Å². The Bertz CT molecular complexity index is 994. The average Bonchev–Trinajstić information content (AvgIpc) is 3.19. The molecule has 6 heteroatoms. The lowest BCUT2D eigenvalue weighted by Crippen LogP contribution is -2.42. The third-order valence-corrected chi connectivity index (χ3v) is 6.11. The molecule has 1 saturated heterocycles. The summed E-state index contributed by atoms with van der Waals surface area (Å²) in [6.07, 6.45) is 3.51. The van der Waals surface area contributed by atoms with E-state index in [9.17, 15) is 4.79 Å². The number of fused-ring (bicyclic) bond motifs is 1. The number of thiazole rings is 1. The summed E-state index contributed by atoms with van der Waals surface area (Å²) in [6, 6.07) is 16.0. The van der Waals surface area contributed by atoms with Gasteiger partial charge in [-0.05, 0) is 30.2 Å². The van der Waals surface area contributed by atoms with Crippen molar-refractivity contribution in [2.75, 3.05) is 44.3 Å². The Hall–Kier alpha value is -2.54. The molecule has 0 saturated carbocycles. The van der Waals surface area contributed by atoms with Crippen molar-refractivity contribution < 1.29 is 9.53 Å². The number of ether oxygens (including phenoxy) is 1. The van der Waals surface area contributed by atoms with E-state index in [0.717, 1.165) is 59.3 Å². The number of anilines is 1. The van der Waals surface area contributed by atoms with E-state index < -0.39 is 0 Å². The van der Waals surface area contributed by atoms with E-state index >= 15 is 0 Å². The number of carbonyl (C=O) groups excluding carboxylic acids is 1. The van der Waals surface area contributed by atoms with Gasteiger partial charge in [0.1, 0.15) is 0 Å². The molecule has 0 bridgehead atoms. The first-order valence-corrected chi connectivity index (χ1v) is 10.7. The molecular weight excluding hydrogens is 382 g/mol. The molecule has 2 heterocycles. The molecule has 0 unspecified atom stereocenters. The summed E-state index contributed by atoms with van der Waals surface area (Å²) in [5.74, 6) is -0.0428. The van der Waals surface area contributed by atoms with Crippen LogP contribution in [-0.4, -0.2) is 55.2 Å². The van der Waals surface area contributed by atoms with E-state index in [2.05, 4.69) is 24.0 Å². The highest BCUT2D eigenvalue weighted by molar-refractivity contribution is 7.22. The number of amides is 1. The lowest BCUT2D eigenvalue weighted by Gasteiger charge is -2.28. The van der Waals surface area contributed by atoms with Crippen LogP contribution in [0.5, 0.6) is 0 Å². The third-order valence-electron chi connectivity index (χ3n) is 5.07. The number of nitrogens with zero attached hydrogens (tertiary/aromatic N) is 3. The van der Waals surface area contributed by atoms with Crippen LogP contribution in [-0.2, 0) is 9.53 Å². The second-order valence-electron chi connectivity index (χ2n) is 7.11. The maximum Gasteiger partial charge on any atom is 0.252 e. The highest BCUT2D eigenvalue weighted by Crippen LogP contribution is 2.30. The van der Waals surface area contributed by atoms with Gasteiger partial charge in [0.2, 0.25) is 0 Å². The molecule has 0 N–H and O–H groups in total. The summed E-state index contributed by atoms with van der Waals surface area (Å²) in [4.78, 5) is 22.1. The van der Waals surface area contributed by atoms with Gasteiger partial charge in [-0.2, -0.15) is 0 Å². The van der Waals surface area contributed by atoms with E-state index in [1.54, 1.807) is 22.3 Å². The van der Waals surface area contributed by atoms with Gasteiger partial charge in [0, 0.05) is 32.3 Å². The fourth-order valence-corrected chi connectivity index (χ4v) is 4.45. The van der Waals surface area contributed by atoms with Gasteiger partial charge in [0.15, 0.2) is 5.13 Å². The Labute approximate surface area is 175 Å². The van der Waals surface area contributed by atoms with Crippen molar-refractivity contribution in [1.29, 1.82) is 0 Å². The molecular formula is C23H25N3O2S. The summed E-state index contributed by atoms with van der Waals surface area (Å²) in [6.45, 7) is 6.78. The van der Waals surface area contributed by atoms with Crippen LogP contribution in [0.15, 0.2) is 54.6 Å². The molecule has 1 aliphatic heterocycles. The summed E-state index contributed by atoms with van der Waals surface area (Å²) in [7, 11) is 0. The SMILES string of the molecule is Cc1cccc2sc(N(CCN3CCOCC3)C(=O)C=Cc3ccccc3)nc12. The summed E-state index contributed by atoms with van der Waals surface area (Å²) < 4.78 is 6.54. The van der Waals surface area contributed by atoms with Crippen molar-refractivity contribution in [2.45, 2.75) is 6.92 Å². The second-order valence-corrected chi connectivity index (χ2v) is 8.12. The average molecular weight is 408 g/mol. The lowest BCUT2D eigenvalue weighted by atomic mass is 10.2. The number of benzene rings is 2. The minimum absolute atomic E-state index is 0.0428. The number of rotatable bonds is 6. The number of aryl methyl sites for hydroxylation is 1. The van der Waals surface area contributed by atoms with Gasteiger partial charge in [-0.1, -0.05) is 53.8 Å². The van der Waals surface area contributed by atoms with E-state index in [1.807, 2.05) is 42.5 Å². The first kappa shape index (κ1) is 19.8. The molecule has 1 fully saturated rings. The first-order valence-electron chi connectivity index (χ1n) is 9.91. The van der Waals surface area contributed by atoms with E-state index in [0.29, 0.717) is 6.54 Å². The molecule has 0 spiro atoms. The summed E-state index contributed by atoms with van der Waals surface area (Å²) >= 11 is 1.57. The van der Waals surface area contributed by atoms with Crippen molar-refractivity contribution in [1.82, 2.24) is 9.88 Å². The standard InChI is InChI=1S/C23H25N3O2S/c1-18-6-5-9-20-22(18)24-23(29-20)26(13-12-25-14-16-28-17-15-25)21(27)11-10-19-7-3-2-4-8-19/h2-11H,12-17H2,1H3. The van der Waals surface area contributed by atoms with Crippen molar-refractivity contribution in [3.63, 3.8) is 0 Å². The number of hydrogen-bond donors (Lipinski definition) is 0. The van der Waals surface area contributed by atoms with Gasteiger partial charge >= 0.3 is 0 Å². The van der Waals surface area contributed by atoms with Crippen LogP contribution in [0, 0.1) is 6.92 Å². The van der Waals surface area contributed by atoms with Crippen LogP contribution in [0.2, 0.25) is 0 Å². The quantitative estimate of drug-likeness (QED) is 0.580. The number of morpholine rings is 1.